The van der Waals surface area contributed by atoms with E-state index in [0.29, 0.717) is 5.41 Å². The Morgan fingerprint density at radius 2 is 1.92 bits per heavy atom. The van der Waals surface area contributed by atoms with Crippen LogP contribution in [0.25, 0.3) is 0 Å². The number of hydrogen-bond acceptors (Lipinski definition) is 2. The lowest BCUT2D eigenvalue weighted by Gasteiger charge is -2.47. The molecule has 66 valence electrons. The predicted octanol–water partition coefficient (Wildman–Crippen LogP) is 0.782. The first-order chi connectivity index (χ1) is 5.85. The molecule has 0 aromatic heterocycles. The normalized spacial score (nSPS) is 26.3. The van der Waals surface area contributed by atoms with Gasteiger partial charge >= 0.3 is 0 Å². The van der Waals surface area contributed by atoms with E-state index in [4.69, 9.17) is 5.73 Å². The van der Waals surface area contributed by atoms with E-state index >= 15 is 0 Å². The molecule has 0 aromatic rings. The lowest BCUT2D eigenvalue weighted by molar-refractivity contribution is 0.0176. The molecule has 0 radical (unpaired) electrons. The van der Waals surface area contributed by atoms with Crippen LogP contribution in [0.1, 0.15) is 25.7 Å². The highest BCUT2D eigenvalue weighted by Crippen LogP contribution is 2.44. The van der Waals surface area contributed by atoms with Crippen LogP contribution in [0.5, 0.6) is 0 Å². The molecule has 0 amide bonds. The van der Waals surface area contributed by atoms with Crippen molar-refractivity contribution in [3.63, 3.8) is 0 Å². The molecule has 1 aliphatic carbocycles. The summed E-state index contributed by atoms with van der Waals surface area (Å²) in [6.07, 6.45) is 5.77. The third-order valence-electron chi connectivity index (χ3n) is 3.19. The standard InChI is InChI=1S/C10H16N2/c11-6-3-7-12-8-10(9-12)4-1-2-5-10/h1-2,4-5,7-9,11H2. The highest BCUT2D eigenvalue weighted by atomic mass is 15.2. The van der Waals surface area contributed by atoms with Crippen LogP contribution in [0.3, 0.4) is 0 Å². The Hall–Kier alpha value is -0.680. The van der Waals surface area contributed by atoms with Gasteiger partial charge in [-0.1, -0.05) is 18.8 Å². The molecule has 12 heavy (non-hydrogen) atoms. The van der Waals surface area contributed by atoms with Crippen LogP contribution in [0.4, 0.5) is 0 Å². The Labute approximate surface area is 74.1 Å². The zero-order valence-electron chi connectivity index (χ0n) is 7.47. The second kappa shape index (κ2) is 2.99. The smallest absolute Gasteiger partial charge is 0.0620 e. The SMILES string of the molecule is NC#CCN1CC2(CCCC2)C1. The van der Waals surface area contributed by atoms with Crippen LogP contribution in [-0.2, 0) is 0 Å². The van der Waals surface area contributed by atoms with E-state index in [1.54, 1.807) is 0 Å². The molecule has 2 N–H and O–H groups in total. The number of rotatable bonds is 1. The topological polar surface area (TPSA) is 29.3 Å². The Balaban J connectivity index is 1.77. The van der Waals surface area contributed by atoms with Crippen molar-refractivity contribution in [2.24, 2.45) is 11.1 Å². The van der Waals surface area contributed by atoms with Gasteiger partial charge in [-0.2, -0.15) is 0 Å². The predicted molar refractivity (Wildman–Crippen MR) is 49.3 cm³/mol. The van der Waals surface area contributed by atoms with Crippen molar-refractivity contribution in [1.29, 1.82) is 0 Å². The Bertz CT molecular complexity index is 210. The van der Waals surface area contributed by atoms with Gasteiger partial charge in [-0.15, -0.1) is 0 Å². The highest BCUT2D eigenvalue weighted by molar-refractivity contribution is 5.04. The quantitative estimate of drug-likeness (QED) is 0.458. The van der Waals surface area contributed by atoms with Gasteiger partial charge in [0, 0.05) is 19.1 Å². The molecule has 0 unspecified atom stereocenters. The maximum Gasteiger partial charge on any atom is 0.0620 e. The molecule has 1 saturated carbocycles. The zero-order valence-corrected chi connectivity index (χ0v) is 7.47. The van der Waals surface area contributed by atoms with Gasteiger partial charge in [0.05, 0.1) is 6.54 Å². The maximum absolute atomic E-state index is 5.11. The van der Waals surface area contributed by atoms with E-state index in [1.165, 1.54) is 38.8 Å². The van der Waals surface area contributed by atoms with Gasteiger partial charge < -0.3 is 5.73 Å². The van der Waals surface area contributed by atoms with E-state index in [9.17, 15) is 0 Å². The van der Waals surface area contributed by atoms with Gasteiger partial charge in [-0.05, 0) is 18.3 Å². The average molecular weight is 164 g/mol. The van der Waals surface area contributed by atoms with Crippen LogP contribution in [0.2, 0.25) is 0 Å². The molecule has 1 aliphatic heterocycles. The number of hydrogen-bond donors (Lipinski definition) is 1. The first-order valence-corrected chi connectivity index (χ1v) is 4.76. The largest absolute Gasteiger partial charge is 0.359 e. The minimum atomic E-state index is 0.705. The summed E-state index contributed by atoms with van der Waals surface area (Å²) in [6.45, 7) is 3.40. The van der Waals surface area contributed by atoms with Gasteiger partial charge in [-0.3, -0.25) is 4.90 Å². The van der Waals surface area contributed by atoms with Crippen molar-refractivity contribution in [3.05, 3.63) is 0 Å². The minimum Gasteiger partial charge on any atom is -0.359 e. The maximum atomic E-state index is 5.11. The Kier molecular flexibility index (Phi) is 1.98. The molecule has 2 heteroatoms. The summed E-state index contributed by atoms with van der Waals surface area (Å²) in [7, 11) is 0. The first kappa shape index (κ1) is 7.94. The van der Waals surface area contributed by atoms with Crippen molar-refractivity contribution in [2.75, 3.05) is 19.6 Å². The molecular weight excluding hydrogens is 148 g/mol. The van der Waals surface area contributed by atoms with Crippen molar-refractivity contribution in [1.82, 2.24) is 4.90 Å². The molecule has 0 aromatic carbocycles. The summed E-state index contributed by atoms with van der Waals surface area (Å²) < 4.78 is 0. The molecule has 1 heterocycles. The second-order valence-electron chi connectivity index (χ2n) is 4.17. The van der Waals surface area contributed by atoms with Crippen molar-refractivity contribution in [3.8, 4) is 12.0 Å². The van der Waals surface area contributed by atoms with Crippen LogP contribution in [-0.4, -0.2) is 24.5 Å². The van der Waals surface area contributed by atoms with E-state index < -0.39 is 0 Å². The average Bonchev–Trinajstić information content (AvgIpc) is 2.46. The summed E-state index contributed by atoms with van der Waals surface area (Å²) in [4.78, 5) is 2.39. The fourth-order valence-corrected chi connectivity index (χ4v) is 2.61. The molecule has 2 rings (SSSR count). The van der Waals surface area contributed by atoms with E-state index in [0.717, 1.165) is 6.54 Å². The van der Waals surface area contributed by atoms with Gasteiger partial charge in [0.1, 0.15) is 0 Å². The lowest BCUT2D eigenvalue weighted by Crippen LogP contribution is -2.54. The summed E-state index contributed by atoms with van der Waals surface area (Å²) in [6, 6.07) is 2.45. The fraction of sp³-hybridized carbons (Fsp3) is 0.800. The summed E-state index contributed by atoms with van der Waals surface area (Å²) in [5, 5.41) is 0. The van der Waals surface area contributed by atoms with Crippen molar-refractivity contribution < 1.29 is 0 Å². The molecule has 1 spiro atoms. The Morgan fingerprint density at radius 1 is 1.25 bits per heavy atom. The van der Waals surface area contributed by atoms with Crippen molar-refractivity contribution >= 4 is 0 Å². The van der Waals surface area contributed by atoms with Crippen LogP contribution < -0.4 is 5.73 Å². The molecule has 2 fully saturated rings. The van der Waals surface area contributed by atoms with E-state index in [-0.39, 0.29) is 0 Å². The summed E-state index contributed by atoms with van der Waals surface area (Å²) >= 11 is 0. The van der Waals surface area contributed by atoms with Crippen LogP contribution >= 0.6 is 0 Å². The Morgan fingerprint density at radius 3 is 2.50 bits per heavy atom. The summed E-state index contributed by atoms with van der Waals surface area (Å²) in [5.41, 5.74) is 5.82. The zero-order chi connectivity index (χ0) is 8.44. The lowest BCUT2D eigenvalue weighted by atomic mass is 9.78. The first-order valence-electron chi connectivity index (χ1n) is 4.76. The van der Waals surface area contributed by atoms with Crippen LogP contribution in [0.15, 0.2) is 0 Å². The molecule has 2 aliphatic rings. The number of likely N-dealkylation sites (tertiary alicyclic amines) is 1. The number of nitrogens with two attached hydrogens (primary N) is 1. The third-order valence-corrected chi connectivity index (χ3v) is 3.19. The van der Waals surface area contributed by atoms with Gasteiger partial charge in [-0.25, -0.2) is 0 Å². The number of nitrogens with zero attached hydrogens (tertiary/aromatic N) is 1. The molecular formula is C10H16N2. The molecule has 1 saturated heterocycles. The minimum absolute atomic E-state index is 0.705. The van der Waals surface area contributed by atoms with E-state index in [1.807, 2.05) is 0 Å². The summed E-state index contributed by atoms with van der Waals surface area (Å²) in [5.74, 6) is 2.91. The molecule has 0 bridgehead atoms. The highest BCUT2D eigenvalue weighted by Gasteiger charge is 2.43. The molecule has 2 nitrogen and oxygen atoms in total. The third kappa shape index (κ3) is 1.30. The fourth-order valence-electron chi connectivity index (χ4n) is 2.61. The second-order valence-corrected chi connectivity index (χ2v) is 4.17. The van der Waals surface area contributed by atoms with E-state index in [2.05, 4.69) is 16.9 Å². The van der Waals surface area contributed by atoms with Crippen molar-refractivity contribution in [2.45, 2.75) is 25.7 Å². The van der Waals surface area contributed by atoms with Gasteiger partial charge in [0.25, 0.3) is 0 Å². The van der Waals surface area contributed by atoms with Crippen LogP contribution in [0, 0.1) is 17.4 Å². The molecule has 0 atom stereocenters. The monoisotopic (exact) mass is 164 g/mol. The van der Waals surface area contributed by atoms with Gasteiger partial charge in [0.15, 0.2) is 0 Å². The van der Waals surface area contributed by atoms with Gasteiger partial charge in [0.2, 0.25) is 0 Å².